The van der Waals surface area contributed by atoms with Crippen molar-refractivity contribution < 1.29 is 9.90 Å². The average Bonchev–Trinajstić information content (AvgIpc) is 2.36. The van der Waals surface area contributed by atoms with Crippen molar-refractivity contribution in [1.29, 1.82) is 0 Å². The second kappa shape index (κ2) is 7.29. The number of benzene rings is 1. The van der Waals surface area contributed by atoms with Gasteiger partial charge in [-0.1, -0.05) is 36.8 Å². The van der Waals surface area contributed by atoms with Crippen LogP contribution in [-0.2, 0) is 0 Å². The molecule has 1 aliphatic rings. The Balaban J connectivity index is 1.89. The van der Waals surface area contributed by atoms with Gasteiger partial charge in [0.1, 0.15) is 0 Å². The van der Waals surface area contributed by atoms with E-state index in [1.54, 1.807) is 6.92 Å². The van der Waals surface area contributed by atoms with Gasteiger partial charge in [-0.15, -0.1) is 0 Å². The summed E-state index contributed by atoms with van der Waals surface area (Å²) < 4.78 is 0. The Kier molecular flexibility index (Phi) is 5.41. The minimum atomic E-state index is -0.383. The van der Waals surface area contributed by atoms with Crippen LogP contribution in [0.2, 0.25) is 0 Å². The zero-order valence-electron chi connectivity index (χ0n) is 12.0. The molecule has 2 rings (SSSR count). The summed E-state index contributed by atoms with van der Waals surface area (Å²) in [7, 11) is 0. The largest absolute Gasteiger partial charge is 0.393 e. The van der Waals surface area contributed by atoms with Gasteiger partial charge in [-0.05, 0) is 37.7 Å². The van der Waals surface area contributed by atoms with E-state index in [1.807, 2.05) is 18.2 Å². The summed E-state index contributed by atoms with van der Waals surface area (Å²) in [6.45, 7) is 2.22. The zero-order chi connectivity index (χ0) is 14.4. The molecule has 2 atom stereocenters. The fourth-order valence-corrected chi connectivity index (χ4v) is 2.49. The highest BCUT2D eigenvalue weighted by molar-refractivity contribution is 5.74. The van der Waals surface area contributed by atoms with Crippen molar-refractivity contribution in [3.05, 3.63) is 35.9 Å². The Morgan fingerprint density at radius 1 is 1.35 bits per heavy atom. The van der Waals surface area contributed by atoms with Crippen LogP contribution in [0.1, 0.15) is 44.2 Å². The van der Waals surface area contributed by atoms with Crippen molar-refractivity contribution in [2.24, 2.45) is 5.92 Å². The summed E-state index contributed by atoms with van der Waals surface area (Å²) in [4.78, 5) is 11.9. The summed E-state index contributed by atoms with van der Waals surface area (Å²) in [6, 6.07) is 10.1. The average molecular weight is 276 g/mol. The van der Waals surface area contributed by atoms with E-state index in [-0.39, 0.29) is 18.2 Å². The molecule has 2 amide bonds. The van der Waals surface area contributed by atoms with E-state index in [9.17, 15) is 9.90 Å². The van der Waals surface area contributed by atoms with Crippen LogP contribution in [0.5, 0.6) is 0 Å². The molecular formula is C16H24N2O2. The molecule has 3 N–H and O–H groups in total. The summed E-state index contributed by atoms with van der Waals surface area (Å²) in [5.74, 6) is 0.542. The lowest BCUT2D eigenvalue weighted by Crippen LogP contribution is -2.42. The first kappa shape index (κ1) is 14.9. The standard InChI is InChI=1S/C16H24N2O2/c1-12(19)10-11-17-16(20)18-15(14-8-5-9-14)13-6-3-2-4-7-13/h2-4,6-7,12,14-15,19H,5,8-11H2,1H3,(H2,17,18,20). The Morgan fingerprint density at radius 3 is 2.60 bits per heavy atom. The van der Waals surface area contributed by atoms with Crippen molar-refractivity contribution in [3.8, 4) is 0 Å². The van der Waals surface area contributed by atoms with Gasteiger partial charge in [-0.3, -0.25) is 0 Å². The Hall–Kier alpha value is -1.55. The molecule has 0 heterocycles. The van der Waals surface area contributed by atoms with E-state index in [1.165, 1.54) is 24.8 Å². The summed E-state index contributed by atoms with van der Waals surface area (Å²) >= 11 is 0. The third-order valence-corrected chi connectivity index (χ3v) is 3.91. The van der Waals surface area contributed by atoms with Gasteiger partial charge < -0.3 is 15.7 Å². The molecule has 1 aliphatic carbocycles. The number of carbonyl (C=O) groups is 1. The number of aliphatic hydroxyl groups excluding tert-OH is 1. The molecule has 1 fully saturated rings. The quantitative estimate of drug-likeness (QED) is 0.748. The lowest BCUT2D eigenvalue weighted by molar-refractivity contribution is 0.181. The van der Waals surface area contributed by atoms with Crippen molar-refractivity contribution in [3.63, 3.8) is 0 Å². The number of amides is 2. The van der Waals surface area contributed by atoms with Crippen LogP contribution in [0.4, 0.5) is 4.79 Å². The summed E-state index contributed by atoms with van der Waals surface area (Å²) in [6.07, 6.45) is 3.79. The lowest BCUT2D eigenvalue weighted by Gasteiger charge is -2.34. The Morgan fingerprint density at radius 2 is 2.05 bits per heavy atom. The molecule has 0 spiro atoms. The van der Waals surface area contributed by atoms with Crippen LogP contribution >= 0.6 is 0 Å². The molecule has 0 aromatic heterocycles. The third kappa shape index (κ3) is 4.23. The van der Waals surface area contributed by atoms with Crippen molar-refractivity contribution >= 4 is 6.03 Å². The predicted molar refractivity (Wildman–Crippen MR) is 79.4 cm³/mol. The maximum absolute atomic E-state index is 11.9. The number of nitrogens with one attached hydrogen (secondary N) is 2. The molecule has 0 bridgehead atoms. The smallest absolute Gasteiger partial charge is 0.315 e. The van der Waals surface area contributed by atoms with Crippen molar-refractivity contribution in [2.75, 3.05) is 6.54 Å². The molecule has 1 aromatic rings. The fourth-order valence-electron chi connectivity index (χ4n) is 2.49. The van der Waals surface area contributed by atoms with E-state index in [4.69, 9.17) is 0 Å². The van der Waals surface area contributed by atoms with E-state index in [2.05, 4.69) is 22.8 Å². The number of hydrogen-bond donors (Lipinski definition) is 3. The van der Waals surface area contributed by atoms with E-state index >= 15 is 0 Å². The summed E-state index contributed by atoms with van der Waals surface area (Å²) in [5, 5.41) is 15.1. The zero-order valence-corrected chi connectivity index (χ0v) is 12.0. The highest BCUT2D eigenvalue weighted by Crippen LogP contribution is 2.37. The van der Waals surface area contributed by atoms with Crippen LogP contribution < -0.4 is 10.6 Å². The van der Waals surface area contributed by atoms with Gasteiger partial charge in [0.05, 0.1) is 12.1 Å². The van der Waals surface area contributed by atoms with Crippen LogP contribution in [0.25, 0.3) is 0 Å². The number of urea groups is 1. The van der Waals surface area contributed by atoms with Gasteiger partial charge in [0.2, 0.25) is 0 Å². The van der Waals surface area contributed by atoms with Crippen LogP contribution in [0.3, 0.4) is 0 Å². The molecule has 4 heteroatoms. The molecular weight excluding hydrogens is 252 g/mol. The van der Waals surface area contributed by atoms with E-state index < -0.39 is 0 Å². The first-order chi connectivity index (χ1) is 9.66. The SMILES string of the molecule is CC(O)CCNC(=O)NC(c1ccccc1)C1CCC1. The van der Waals surface area contributed by atoms with Crippen LogP contribution in [0.15, 0.2) is 30.3 Å². The van der Waals surface area contributed by atoms with Crippen LogP contribution in [-0.4, -0.2) is 23.8 Å². The van der Waals surface area contributed by atoms with Crippen molar-refractivity contribution in [1.82, 2.24) is 10.6 Å². The lowest BCUT2D eigenvalue weighted by atomic mass is 9.77. The monoisotopic (exact) mass is 276 g/mol. The predicted octanol–water partition coefficient (Wildman–Crippen LogP) is 2.60. The molecule has 0 saturated heterocycles. The molecule has 0 aliphatic heterocycles. The molecule has 110 valence electrons. The van der Waals surface area contributed by atoms with E-state index in [0.717, 1.165) is 0 Å². The first-order valence-corrected chi connectivity index (χ1v) is 7.44. The summed E-state index contributed by atoms with van der Waals surface area (Å²) in [5.41, 5.74) is 1.17. The second-order valence-corrected chi connectivity index (χ2v) is 5.62. The molecule has 1 aromatic carbocycles. The molecule has 20 heavy (non-hydrogen) atoms. The highest BCUT2D eigenvalue weighted by atomic mass is 16.3. The van der Waals surface area contributed by atoms with Gasteiger partial charge in [-0.25, -0.2) is 4.79 Å². The normalized spacial score (nSPS) is 17.9. The molecule has 4 nitrogen and oxygen atoms in total. The minimum Gasteiger partial charge on any atom is -0.393 e. The first-order valence-electron chi connectivity index (χ1n) is 7.44. The van der Waals surface area contributed by atoms with E-state index in [0.29, 0.717) is 18.9 Å². The van der Waals surface area contributed by atoms with Crippen LogP contribution in [0, 0.1) is 5.92 Å². The number of hydrogen-bond acceptors (Lipinski definition) is 2. The topological polar surface area (TPSA) is 61.4 Å². The maximum atomic E-state index is 11.9. The number of carbonyl (C=O) groups excluding carboxylic acids is 1. The molecule has 0 radical (unpaired) electrons. The van der Waals surface area contributed by atoms with Gasteiger partial charge in [-0.2, -0.15) is 0 Å². The molecule has 1 saturated carbocycles. The number of rotatable bonds is 6. The minimum absolute atomic E-state index is 0.0940. The Labute approximate surface area is 120 Å². The van der Waals surface area contributed by atoms with Gasteiger partial charge in [0.15, 0.2) is 0 Å². The van der Waals surface area contributed by atoms with Gasteiger partial charge in [0, 0.05) is 6.54 Å². The highest BCUT2D eigenvalue weighted by Gasteiger charge is 2.29. The second-order valence-electron chi connectivity index (χ2n) is 5.62. The third-order valence-electron chi connectivity index (χ3n) is 3.91. The van der Waals surface area contributed by atoms with Gasteiger partial charge in [0.25, 0.3) is 0 Å². The molecule has 2 unspecified atom stereocenters. The maximum Gasteiger partial charge on any atom is 0.315 e. The Bertz CT molecular complexity index is 416. The van der Waals surface area contributed by atoms with Gasteiger partial charge >= 0.3 is 6.03 Å². The number of aliphatic hydroxyl groups is 1. The fraction of sp³-hybridized carbons (Fsp3) is 0.562. The van der Waals surface area contributed by atoms with Crippen molar-refractivity contribution in [2.45, 2.75) is 44.8 Å².